The van der Waals surface area contributed by atoms with E-state index in [9.17, 15) is 4.79 Å². The molecule has 6 heteroatoms. The van der Waals surface area contributed by atoms with Crippen molar-refractivity contribution in [1.29, 1.82) is 0 Å². The fourth-order valence-electron chi connectivity index (χ4n) is 3.48. The lowest BCUT2D eigenvalue weighted by molar-refractivity contribution is -0.134. The molecule has 150 valence electrons. The molecule has 3 atom stereocenters. The second kappa shape index (κ2) is 9.51. The van der Waals surface area contributed by atoms with Gasteiger partial charge in [0.1, 0.15) is 6.04 Å². The van der Waals surface area contributed by atoms with Crippen LogP contribution in [-0.2, 0) is 11.3 Å². The summed E-state index contributed by atoms with van der Waals surface area (Å²) in [6, 6.07) is 9.88. The molecule has 1 aromatic carbocycles. The van der Waals surface area contributed by atoms with Gasteiger partial charge in [-0.2, -0.15) is 0 Å². The summed E-state index contributed by atoms with van der Waals surface area (Å²) in [5.74, 6) is 0.0310. The van der Waals surface area contributed by atoms with E-state index in [4.69, 9.17) is 18.0 Å². The Morgan fingerprint density at radius 1 is 1.26 bits per heavy atom. The van der Waals surface area contributed by atoms with E-state index in [1.54, 1.807) is 4.90 Å². The predicted octanol–water partition coefficient (Wildman–Crippen LogP) is 2.79. The standard InChI is InChI=1S/C21H34N4OS/c1-21(2,3)18(19(26)25(4)14-15-10-6-5-7-11-15)24-20(27)23-17-13-9-8-12-16(17)22/h5-7,10-11,16-18H,8-9,12-14,22H2,1-4H3,(H2,23,24,27)/t16-,17-,18?/m1/s1. The van der Waals surface area contributed by atoms with E-state index >= 15 is 0 Å². The summed E-state index contributed by atoms with van der Waals surface area (Å²) in [5, 5.41) is 7.12. The Labute approximate surface area is 169 Å². The van der Waals surface area contributed by atoms with Crippen LogP contribution in [0.15, 0.2) is 30.3 Å². The number of nitrogens with zero attached hydrogens (tertiary/aromatic N) is 1. The Balaban J connectivity index is 2.01. The van der Waals surface area contributed by atoms with Gasteiger partial charge in [-0.3, -0.25) is 4.79 Å². The predicted molar refractivity (Wildman–Crippen MR) is 115 cm³/mol. The number of hydrogen-bond acceptors (Lipinski definition) is 3. The summed E-state index contributed by atoms with van der Waals surface area (Å²) in [7, 11) is 1.84. The van der Waals surface area contributed by atoms with Crippen LogP contribution in [0.4, 0.5) is 0 Å². The normalized spacial score (nSPS) is 21.2. The van der Waals surface area contributed by atoms with Crippen LogP contribution in [0.3, 0.4) is 0 Å². The van der Waals surface area contributed by atoms with Gasteiger partial charge in [-0.25, -0.2) is 0 Å². The van der Waals surface area contributed by atoms with Gasteiger partial charge >= 0.3 is 0 Å². The lowest BCUT2D eigenvalue weighted by Gasteiger charge is -2.36. The Hall–Kier alpha value is -1.66. The second-order valence-electron chi connectivity index (χ2n) is 8.65. The van der Waals surface area contributed by atoms with E-state index in [0.29, 0.717) is 11.7 Å². The van der Waals surface area contributed by atoms with Crippen LogP contribution in [0.5, 0.6) is 0 Å². The molecule has 1 aliphatic carbocycles. The van der Waals surface area contributed by atoms with Crippen molar-refractivity contribution in [3.8, 4) is 0 Å². The van der Waals surface area contributed by atoms with E-state index in [1.807, 2.05) is 58.2 Å². The van der Waals surface area contributed by atoms with Crippen LogP contribution in [0, 0.1) is 5.41 Å². The molecule has 1 aliphatic rings. The van der Waals surface area contributed by atoms with Gasteiger partial charge < -0.3 is 21.3 Å². The van der Waals surface area contributed by atoms with Crippen LogP contribution in [-0.4, -0.2) is 41.1 Å². The molecular formula is C21H34N4OS. The smallest absolute Gasteiger partial charge is 0.245 e. The third-order valence-corrected chi connectivity index (χ3v) is 5.40. The Kier molecular flexibility index (Phi) is 7.62. The number of likely N-dealkylation sites (N-methyl/N-ethyl adjacent to an activating group) is 1. The molecule has 2 rings (SSSR count). The number of rotatable bonds is 5. The average molecular weight is 391 g/mol. The molecule has 0 aromatic heterocycles. The number of benzene rings is 1. The van der Waals surface area contributed by atoms with Crippen LogP contribution in [0.1, 0.15) is 52.0 Å². The van der Waals surface area contributed by atoms with Gasteiger partial charge in [-0.15, -0.1) is 0 Å². The summed E-state index contributed by atoms with van der Waals surface area (Å²) in [6.45, 7) is 6.72. The molecule has 0 bridgehead atoms. The molecule has 1 fully saturated rings. The molecule has 0 heterocycles. The molecule has 1 amide bonds. The van der Waals surface area contributed by atoms with Gasteiger partial charge in [0, 0.05) is 25.7 Å². The molecule has 0 radical (unpaired) electrons. The van der Waals surface area contributed by atoms with Crippen molar-refractivity contribution in [2.24, 2.45) is 11.1 Å². The molecule has 0 spiro atoms. The fourth-order valence-corrected chi connectivity index (χ4v) is 3.75. The number of nitrogens with one attached hydrogen (secondary N) is 2. The van der Waals surface area contributed by atoms with Crippen molar-refractivity contribution in [2.45, 2.75) is 71.1 Å². The Morgan fingerprint density at radius 2 is 1.89 bits per heavy atom. The molecule has 1 saturated carbocycles. The average Bonchev–Trinajstić information content (AvgIpc) is 2.61. The Morgan fingerprint density at radius 3 is 2.48 bits per heavy atom. The zero-order chi connectivity index (χ0) is 20.0. The first-order chi connectivity index (χ1) is 12.7. The third-order valence-electron chi connectivity index (χ3n) is 5.16. The van der Waals surface area contributed by atoms with Crippen molar-refractivity contribution in [3.05, 3.63) is 35.9 Å². The number of nitrogens with two attached hydrogens (primary N) is 1. The van der Waals surface area contributed by atoms with Gasteiger partial charge in [0.15, 0.2) is 5.11 Å². The number of thiocarbonyl (C=S) groups is 1. The summed E-state index contributed by atoms with van der Waals surface area (Å²) < 4.78 is 0. The van der Waals surface area contributed by atoms with Crippen molar-refractivity contribution in [2.75, 3.05) is 7.05 Å². The molecule has 1 unspecified atom stereocenters. The van der Waals surface area contributed by atoms with Gasteiger partial charge in [-0.1, -0.05) is 63.9 Å². The van der Waals surface area contributed by atoms with Crippen LogP contribution >= 0.6 is 12.2 Å². The highest BCUT2D eigenvalue weighted by atomic mass is 32.1. The van der Waals surface area contributed by atoms with Gasteiger partial charge in [0.25, 0.3) is 0 Å². The SMILES string of the molecule is CN(Cc1ccccc1)C(=O)C(NC(=S)N[C@@H]1CCCC[C@H]1N)C(C)(C)C. The highest BCUT2D eigenvalue weighted by molar-refractivity contribution is 7.80. The highest BCUT2D eigenvalue weighted by Gasteiger charge is 2.34. The second-order valence-corrected chi connectivity index (χ2v) is 9.06. The van der Waals surface area contributed by atoms with Gasteiger partial charge in [0.2, 0.25) is 5.91 Å². The lowest BCUT2D eigenvalue weighted by Crippen LogP contribution is -2.59. The van der Waals surface area contributed by atoms with E-state index < -0.39 is 6.04 Å². The molecular weight excluding hydrogens is 356 g/mol. The minimum atomic E-state index is -0.411. The fraction of sp³-hybridized carbons (Fsp3) is 0.619. The van der Waals surface area contributed by atoms with Gasteiger partial charge in [0.05, 0.1) is 0 Å². The summed E-state index contributed by atoms with van der Waals surface area (Å²) in [6.07, 6.45) is 4.37. The molecule has 4 N–H and O–H groups in total. The monoisotopic (exact) mass is 390 g/mol. The molecule has 0 aliphatic heterocycles. The highest BCUT2D eigenvalue weighted by Crippen LogP contribution is 2.22. The Bertz CT molecular complexity index is 629. The first-order valence-corrected chi connectivity index (χ1v) is 10.2. The quantitative estimate of drug-likeness (QED) is 0.675. The zero-order valence-electron chi connectivity index (χ0n) is 17.0. The maximum atomic E-state index is 13.1. The number of carbonyl (C=O) groups excluding carboxylic acids is 1. The van der Waals surface area contributed by atoms with E-state index in [1.165, 1.54) is 6.42 Å². The maximum Gasteiger partial charge on any atom is 0.245 e. The number of amides is 1. The molecule has 5 nitrogen and oxygen atoms in total. The minimum absolute atomic E-state index is 0.0310. The lowest BCUT2D eigenvalue weighted by atomic mass is 9.85. The third kappa shape index (κ3) is 6.47. The van der Waals surface area contributed by atoms with Crippen molar-refractivity contribution in [3.63, 3.8) is 0 Å². The van der Waals surface area contributed by atoms with Crippen molar-refractivity contribution in [1.82, 2.24) is 15.5 Å². The van der Waals surface area contributed by atoms with Crippen LogP contribution in [0.25, 0.3) is 0 Å². The summed E-state index contributed by atoms with van der Waals surface area (Å²) >= 11 is 5.52. The summed E-state index contributed by atoms with van der Waals surface area (Å²) in [5.41, 5.74) is 7.04. The number of carbonyl (C=O) groups is 1. The zero-order valence-corrected chi connectivity index (χ0v) is 17.8. The molecule has 1 aromatic rings. The largest absolute Gasteiger partial charge is 0.358 e. The summed E-state index contributed by atoms with van der Waals surface area (Å²) in [4.78, 5) is 14.9. The molecule has 27 heavy (non-hydrogen) atoms. The van der Waals surface area contributed by atoms with Crippen molar-refractivity contribution < 1.29 is 4.79 Å². The maximum absolute atomic E-state index is 13.1. The number of hydrogen-bond donors (Lipinski definition) is 3. The first kappa shape index (κ1) is 21.6. The van der Waals surface area contributed by atoms with E-state index in [2.05, 4.69) is 10.6 Å². The first-order valence-electron chi connectivity index (χ1n) is 9.80. The van der Waals surface area contributed by atoms with E-state index in [-0.39, 0.29) is 23.4 Å². The van der Waals surface area contributed by atoms with Crippen molar-refractivity contribution >= 4 is 23.2 Å². The van der Waals surface area contributed by atoms with Crippen LogP contribution in [0.2, 0.25) is 0 Å². The topological polar surface area (TPSA) is 70.4 Å². The van der Waals surface area contributed by atoms with Gasteiger partial charge in [-0.05, 0) is 36.0 Å². The molecule has 0 saturated heterocycles. The van der Waals surface area contributed by atoms with E-state index in [0.717, 1.165) is 24.8 Å². The minimum Gasteiger partial charge on any atom is -0.358 e. The van der Waals surface area contributed by atoms with Crippen LogP contribution < -0.4 is 16.4 Å².